The van der Waals surface area contributed by atoms with E-state index < -0.39 is 13.6 Å². The Bertz CT molecular complexity index is 112. The first-order valence-electron chi connectivity index (χ1n) is 1.96. The van der Waals surface area contributed by atoms with Crippen LogP contribution in [0.25, 0.3) is 0 Å². The summed E-state index contributed by atoms with van der Waals surface area (Å²) in [4.78, 5) is 24.3. The molecule has 0 spiro atoms. The lowest BCUT2D eigenvalue weighted by Crippen LogP contribution is -1.78. The first-order valence-corrected chi connectivity index (χ1v) is 4.02. The Morgan fingerprint density at radius 1 is 1.44 bits per heavy atom. The third kappa shape index (κ3) is 1670. The number of carbonyl (C=O) groups is 1. The topological polar surface area (TPSA) is 94.8 Å². The minimum absolute atomic E-state index is 0.833. The summed E-state index contributed by atoms with van der Waals surface area (Å²) in [6.07, 6.45) is 0. The van der Waals surface area contributed by atoms with Gasteiger partial charge in [-0.25, -0.2) is 0 Å². The fourth-order valence-electron chi connectivity index (χ4n) is 0. The van der Waals surface area contributed by atoms with Gasteiger partial charge < -0.3 is 14.9 Å². The molecule has 0 aliphatic rings. The molecule has 9 heavy (non-hydrogen) atoms. The molecule has 0 saturated heterocycles. The van der Waals surface area contributed by atoms with Gasteiger partial charge in [-0.2, -0.15) is 0 Å². The molecule has 5 nitrogen and oxygen atoms in total. The van der Waals surface area contributed by atoms with Gasteiger partial charge in [0.2, 0.25) is 0 Å². The Balaban J connectivity index is 0. The molecular weight excluding hydrogens is 147 g/mol. The minimum atomic E-state index is -3.64. The summed E-state index contributed by atoms with van der Waals surface area (Å²) in [6, 6.07) is 0. The van der Waals surface area contributed by atoms with Gasteiger partial charge in [-0.05, 0) is 0 Å². The van der Waals surface area contributed by atoms with Crippen molar-refractivity contribution in [1.29, 1.82) is 0 Å². The highest BCUT2D eigenvalue weighted by Gasteiger charge is 1.95. The summed E-state index contributed by atoms with van der Waals surface area (Å²) >= 11 is 0. The highest BCUT2D eigenvalue weighted by Crippen LogP contribution is 2.26. The molecule has 0 radical (unpaired) electrons. The smallest absolute Gasteiger partial charge is 0.322 e. The molecule has 56 valence electrons. The maximum absolute atomic E-state index is 9.33. The van der Waals surface area contributed by atoms with Crippen molar-refractivity contribution in [2.24, 2.45) is 0 Å². The van der Waals surface area contributed by atoms with E-state index in [1.54, 1.807) is 0 Å². The van der Waals surface area contributed by atoms with Crippen LogP contribution in [0.1, 0.15) is 6.92 Å². The second-order valence-electron chi connectivity index (χ2n) is 1.35. The lowest BCUT2D eigenvalue weighted by Gasteiger charge is -1.84. The number of carboxylic acid groups (broad SMARTS) is 1. The Kier molecular flexibility index (Phi) is 5.70. The average Bonchev–Trinajstić information content (AvgIpc) is 1.19. The molecule has 0 aliphatic carbocycles. The molecule has 0 bridgehead atoms. The quantitative estimate of drug-likeness (QED) is 0.425. The molecule has 0 rings (SSSR count). The zero-order valence-electron chi connectivity index (χ0n) is 5.11. The molecule has 0 heterocycles. The van der Waals surface area contributed by atoms with Crippen molar-refractivity contribution < 1.29 is 24.3 Å². The number of carboxylic acids is 1. The van der Waals surface area contributed by atoms with E-state index in [1.807, 2.05) is 0 Å². The van der Waals surface area contributed by atoms with Gasteiger partial charge in [0.05, 0.1) is 0 Å². The Morgan fingerprint density at radius 2 is 1.44 bits per heavy atom. The summed E-state index contributed by atoms with van der Waals surface area (Å²) in [5, 5.41) is 7.42. The monoisotopic (exact) mass is 156 g/mol. The number of rotatable bonds is 0. The van der Waals surface area contributed by atoms with Crippen LogP contribution in [0.15, 0.2) is 0 Å². The first-order chi connectivity index (χ1) is 3.73. The molecular formula is C3H9O5P. The Morgan fingerprint density at radius 3 is 1.44 bits per heavy atom. The summed E-state index contributed by atoms with van der Waals surface area (Å²) in [7, 11) is -3.64. The van der Waals surface area contributed by atoms with E-state index in [-0.39, 0.29) is 0 Å². The van der Waals surface area contributed by atoms with Gasteiger partial charge in [-0.3, -0.25) is 9.36 Å². The third-order valence-electron chi connectivity index (χ3n) is 0. The van der Waals surface area contributed by atoms with E-state index in [2.05, 4.69) is 0 Å². The average molecular weight is 156 g/mol. The molecule has 0 aromatic carbocycles. The largest absolute Gasteiger partial charge is 0.481 e. The normalized spacial score (nSPS) is 9.33. The number of hydrogen-bond donors (Lipinski definition) is 3. The van der Waals surface area contributed by atoms with Crippen LogP contribution < -0.4 is 0 Å². The van der Waals surface area contributed by atoms with Crippen molar-refractivity contribution in [2.75, 3.05) is 6.66 Å². The fraction of sp³-hybridized carbons (Fsp3) is 0.667. The van der Waals surface area contributed by atoms with E-state index >= 15 is 0 Å². The predicted octanol–water partition coefficient (Wildman–Crippen LogP) is -0.115. The number of hydrogen-bond acceptors (Lipinski definition) is 2. The second-order valence-corrected chi connectivity index (χ2v) is 3.02. The standard InChI is InChI=1S/C2H4O2.CH5O3P/c1-2(3)4;1-5(2,3)4/h1H3,(H,3,4);1H3,(H2,2,3,4). The van der Waals surface area contributed by atoms with Crippen LogP contribution in [0.3, 0.4) is 0 Å². The molecule has 0 aliphatic heterocycles. The third-order valence-corrected chi connectivity index (χ3v) is 0. The van der Waals surface area contributed by atoms with Crippen LogP contribution in [0.4, 0.5) is 0 Å². The molecule has 3 N–H and O–H groups in total. The van der Waals surface area contributed by atoms with Crippen LogP contribution >= 0.6 is 7.60 Å². The van der Waals surface area contributed by atoms with Crippen molar-refractivity contribution in [3.63, 3.8) is 0 Å². The lowest BCUT2D eigenvalue weighted by atomic mass is 10.9. The maximum Gasteiger partial charge on any atom is 0.322 e. The van der Waals surface area contributed by atoms with Crippen LogP contribution in [0, 0.1) is 0 Å². The molecule has 0 saturated carbocycles. The molecule has 0 fully saturated rings. The minimum Gasteiger partial charge on any atom is -0.481 e. The van der Waals surface area contributed by atoms with Crippen molar-refractivity contribution in [3.05, 3.63) is 0 Å². The Hall–Kier alpha value is -0.380. The molecule has 6 heteroatoms. The van der Waals surface area contributed by atoms with Gasteiger partial charge in [-0.1, -0.05) is 0 Å². The maximum atomic E-state index is 9.33. The van der Waals surface area contributed by atoms with Crippen LogP contribution in [0.2, 0.25) is 0 Å². The fourth-order valence-corrected chi connectivity index (χ4v) is 0. The van der Waals surface area contributed by atoms with E-state index in [0.29, 0.717) is 0 Å². The van der Waals surface area contributed by atoms with Crippen molar-refractivity contribution >= 4 is 13.6 Å². The summed E-state index contributed by atoms with van der Waals surface area (Å²) in [6.45, 7) is 1.94. The van der Waals surface area contributed by atoms with Gasteiger partial charge in [0.1, 0.15) is 0 Å². The molecule has 0 aromatic heterocycles. The lowest BCUT2D eigenvalue weighted by molar-refractivity contribution is -0.134. The number of aliphatic carboxylic acids is 1. The second kappa shape index (κ2) is 4.49. The zero-order valence-corrected chi connectivity index (χ0v) is 6.00. The molecule has 0 unspecified atom stereocenters. The van der Waals surface area contributed by atoms with Gasteiger partial charge in [0, 0.05) is 13.6 Å². The van der Waals surface area contributed by atoms with Crippen LogP contribution in [-0.2, 0) is 9.36 Å². The van der Waals surface area contributed by atoms with Crippen molar-refractivity contribution in [2.45, 2.75) is 6.92 Å². The summed E-state index contributed by atoms with van der Waals surface area (Å²) < 4.78 is 9.33. The zero-order chi connectivity index (χ0) is 8.08. The molecule has 0 atom stereocenters. The van der Waals surface area contributed by atoms with Crippen LogP contribution in [0.5, 0.6) is 0 Å². The predicted molar refractivity (Wildman–Crippen MR) is 31.3 cm³/mol. The van der Waals surface area contributed by atoms with E-state index in [9.17, 15) is 4.57 Å². The summed E-state index contributed by atoms with van der Waals surface area (Å²) in [5.74, 6) is -0.833. The van der Waals surface area contributed by atoms with E-state index in [1.165, 1.54) is 0 Å². The van der Waals surface area contributed by atoms with Gasteiger partial charge in [-0.15, -0.1) is 0 Å². The summed E-state index contributed by atoms with van der Waals surface area (Å²) in [5.41, 5.74) is 0. The van der Waals surface area contributed by atoms with Gasteiger partial charge in [0.15, 0.2) is 0 Å². The van der Waals surface area contributed by atoms with E-state index in [4.69, 9.17) is 19.7 Å². The SMILES string of the molecule is CC(=O)O.CP(=O)(O)O. The van der Waals surface area contributed by atoms with Gasteiger partial charge >= 0.3 is 7.60 Å². The highest BCUT2D eigenvalue weighted by atomic mass is 31.2. The van der Waals surface area contributed by atoms with Gasteiger partial charge in [0.25, 0.3) is 5.97 Å². The first kappa shape index (κ1) is 11.4. The highest BCUT2D eigenvalue weighted by molar-refractivity contribution is 7.50. The van der Waals surface area contributed by atoms with Crippen LogP contribution in [-0.4, -0.2) is 27.5 Å². The van der Waals surface area contributed by atoms with Crippen molar-refractivity contribution in [3.8, 4) is 0 Å². The Labute approximate surface area is 52.5 Å². The van der Waals surface area contributed by atoms with Crippen molar-refractivity contribution in [1.82, 2.24) is 0 Å². The van der Waals surface area contributed by atoms with E-state index in [0.717, 1.165) is 13.6 Å². The molecule has 0 aromatic rings. The molecule has 0 amide bonds.